The highest BCUT2D eigenvalue weighted by atomic mass is 32.1. The Balaban J connectivity index is 1.42. The van der Waals surface area contributed by atoms with Crippen molar-refractivity contribution in [2.75, 3.05) is 13.1 Å². The van der Waals surface area contributed by atoms with Gasteiger partial charge in [0.05, 0.1) is 23.7 Å². The highest BCUT2D eigenvalue weighted by Crippen LogP contribution is 2.30. The van der Waals surface area contributed by atoms with Crippen LogP contribution in [0.15, 0.2) is 41.2 Å². The lowest BCUT2D eigenvalue weighted by Gasteiger charge is -2.35. The van der Waals surface area contributed by atoms with Crippen LogP contribution in [0.1, 0.15) is 30.5 Å². The number of fused-ring (bicyclic) bond motifs is 4. The molecule has 2 amide bonds. The molecule has 1 aromatic carbocycles. The van der Waals surface area contributed by atoms with Crippen LogP contribution in [0.2, 0.25) is 0 Å². The first-order chi connectivity index (χ1) is 12.7. The van der Waals surface area contributed by atoms with Gasteiger partial charge in [0.15, 0.2) is 0 Å². The second-order valence-corrected chi connectivity index (χ2v) is 7.88. The number of carbonyl (C=O) groups is 2. The van der Waals surface area contributed by atoms with E-state index in [1.807, 2.05) is 33.4 Å². The molecule has 3 aliphatic heterocycles. The highest BCUT2D eigenvalue weighted by molar-refractivity contribution is 7.07. The van der Waals surface area contributed by atoms with Gasteiger partial charge in [-0.05, 0) is 24.8 Å². The standard InChI is InChI=1S/C20H23N3O2S/c24-19(9-6-15-4-2-1-3-5-15)22-10-16-7-8-18(12-22)23(20(16)25)11-17-13-26-14-21-17/h1-5,13-14,16,18H,6-12H2/t16-,18+/m0/s1. The van der Waals surface area contributed by atoms with E-state index in [1.165, 1.54) is 5.56 Å². The van der Waals surface area contributed by atoms with Gasteiger partial charge in [-0.2, -0.15) is 0 Å². The summed E-state index contributed by atoms with van der Waals surface area (Å²) in [6.45, 7) is 1.78. The number of amides is 2. The van der Waals surface area contributed by atoms with Gasteiger partial charge in [0.1, 0.15) is 0 Å². The van der Waals surface area contributed by atoms with Gasteiger partial charge in [0.25, 0.3) is 0 Å². The lowest BCUT2D eigenvalue weighted by molar-refractivity contribution is -0.140. The van der Waals surface area contributed by atoms with Gasteiger partial charge < -0.3 is 9.80 Å². The van der Waals surface area contributed by atoms with Gasteiger partial charge in [0, 0.05) is 30.9 Å². The Morgan fingerprint density at radius 3 is 2.81 bits per heavy atom. The second kappa shape index (κ2) is 7.58. The fraction of sp³-hybridized carbons (Fsp3) is 0.450. The largest absolute Gasteiger partial charge is 0.340 e. The lowest BCUT2D eigenvalue weighted by Crippen LogP contribution is -2.47. The summed E-state index contributed by atoms with van der Waals surface area (Å²) >= 11 is 1.55. The molecule has 1 aromatic heterocycles. The maximum atomic E-state index is 12.8. The molecule has 0 saturated carbocycles. The third-order valence-corrected chi connectivity index (χ3v) is 6.07. The van der Waals surface area contributed by atoms with Gasteiger partial charge in [-0.3, -0.25) is 9.59 Å². The molecule has 136 valence electrons. The Labute approximate surface area is 157 Å². The first-order valence-electron chi connectivity index (χ1n) is 9.20. The topological polar surface area (TPSA) is 53.5 Å². The predicted octanol–water partition coefficient (Wildman–Crippen LogP) is 2.73. The molecule has 6 heteroatoms. The van der Waals surface area contributed by atoms with Gasteiger partial charge in [0.2, 0.25) is 11.8 Å². The van der Waals surface area contributed by atoms with Crippen molar-refractivity contribution in [3.63, 3.8) is 0 Å². The first kappa shape index (κ1) is 17.2. The average molecular weight is 369 g/mol. The maximum absolute atomic E-state index is 12.8. The molecule has 0 aliphatic carbocycles. The molecule has 0 radical (unpaired) electrons. The van der Waals surface area contributed by atoms with Gasteiger partial charge in [-0.25, -0.2) is 4.98 Å². The zero-order valence-corrected chi connectivity index (χ0v) is 15.5. The summed E-state index contributed by atoms with van der Waals surface area (Å²) in [4.78, 5) is 33.8. The van der Waals surface area contributed by atoms with Crippen LogP contribution in [0.3, 0.4) is 0 Å². The molecule has 2 bridgehead atoms. The normalized spacial score (nSPS) is 22.5. The number of piperidine rings is 1. The van der Waals surface area contributed by atoms with Crippen LogP contribution in [-0.2, 0) is 22.6 Å². The first-order valence-corrected chi connectivity index (χ1v) is 10.1. The average Bonchev–Trinajstić information content (AvgIpc) is 3.03. The quantitative estimate of drug-likeness (QED) is 0.814. The molecule has 3 aliphatic rings. The van der Waals surface area contributed by atoms with Crippen LogP contribution in [0.4, 0.5) is 0 Å². The third kappa shape index (κ3) is 3.65. The highest BCUT2D eigenvalue weighted by Gasteiger charge is 2.41. The number of nitrogens with zero attached hydrogens (tertiary/aromatic N) is 3. The van der Waals surface area contributed by atoms with Crippen LogP contribution in [0.25, 0.3) is 0 Å². The van der Waals surface area contributed by atoms with Gasteiger partial charge in [-0.15, -0.1) is 11.3 Å². The van der Waals surface area contributed by atoms with Crippen LogP contribution in [-0.4, -0.2) is 45.7 Å². The Bertz CT molecular complexity index is 763. The SMILES string of the molecule is O=C(CCc1ccccc1)N1C[C@@H]2CC[C@H](C1)N(Cc1cscn1)C2=O. The maximum Gasteiger partial charge on any atom is 0.228 e. The number of aryl methyl sites for hydroxylation is 1. The van der Waals surface area contributed by atoms with Gasteiger partial charge in [-0.1, -0.05) is 30.3 Å². The molecule has 0 spiro atoms. The minimum atomic E-state index is -0.0620. The molecular formula is C20H23N3O2S. The molecule has 26 heavy (non-hydrogen) atoms. The smallest absolute Gasteiger partial charge is 0.228 e. The van der Waals surface area contributed by atoms with Crippen LogP contribution in [0.5, 0.6) is 0 Å². The van der Waals surface area contributed by atoms with Crippen molar-refractivity contribution in [3.8, 4) is 0 Å². The third-order valence-electron chi connectivity index (χ3n) is 5.43. The summed E-state index contributed by atoms with van der Waals surface area (Å²) in [7, 11) is 0. The Hall–Kier alpha value is -2.21. The number of thiazole rings is 1. The number of aromatic nitrogens is 1. The number of hydrogen-bond donors (Lipinski definition) is 0. The molecule has 2 atom stereocenters. The monoisotopic (exact) mass is 369 g/mol. The van der Waals surface area contributed by atoms with Crippen LogP contribution >= 0.6 is 11.3 Å². The van der Waals surface area contributed by atoms with Gasteiger partial charge >= 0.3 is 0 Å². The van der Waals surface area contributed by atoms with E-state index in [1.54, 1.807) is 16.8 Å². The number of benzene rings is 1. The molecular weight excluding hydrogens is 346 g/mol. The van der Waals surface area contributed by atoms with E-state index < -0.39 is 0 Å². The molecule has 5 nitrogen and oxygen atoms in total. The molecule has 4 heterocycles. The summed E-state index contributed by atoms with van der Waals surface area (Å²) < 4.78 is 0. The number of hydrogen-bond acceptors (Lipinski definition) is 4. The van der Waals surface area contributed by atoms with Crippen molar-refractivity contribution in [2.24, 2.45) is 5.92 Å². The van der Waals surface area contributed by atoms with Crippen molar-refractivity contribution in [1.29, 1.82) is 0 Å². The fourth-order valence-corrected chi connectivity index (χ4v) is 4.55. The second-order valence-electron chi connectivity index (χ2n) is 7.16. The van der Waals surface area contributed by atoms with E-state index in [2.05, 4.69) is 17.1 Å². The Morgan fingerprint density at radius 1 is 1.19 bits per heavy atom. The van der Waals surface area contributed by atoms with Crippen molar-refractivity contribution in [1.82, 2.24) is 14.8 Å². The summed E-state index contributed by atoms with van der Waals surface area (Å²) in [5.41, 5.74) is 3.92. The van der Waals surface area contributed by atoms with Crippen molar-refractivity contribution in [2.45, 2.75) is 38.3 Å². The molecule has 0 unspecified atom stereocenters. The molecule has 0 N–H and O–H groups in total. The van der Waals surface area contributed by atoms with E-state index in [4.69, 9.17) is 0 Å². The summed E-state index contributed by atoms with van der Waals surface area (Å²) in [5, 5.41) is 1.99. The summed E-state index contributed by atoms with van der Waals surface area (Å²) in [5.74, 6) is 0.287. The molecule has 5 rings (SSSR count). The molecule has 2 aromatic rings. The minimum Gasteiger partial charge on any atom is -0.340 e. The van der Waals surface area contributed by atoms with Crippen molar-refractivity contribution in [3.05, 3.63) is 52.5 Å². The van der Waals surface area contributed by atoms with Crippen LogP contribution < -0.4 is 0 Å². The van der Waals surface area contributed by atoms with E-state index in [9.17, 15) is 9.59 Å². The van der Waals surface area contributed by atoms with Crippen molar-refractivity contribution >= 4 is 23.2 Å². The van der Waals surface area contributed by atoms with E-state index in [0.717, 1.165) is 25.0 Å². The zero-order chi connectivity index (χ0) is 17.9. The van der Waals surface area contributed by atoms with E-state index in [-0.39, 0.29) is 23.8 Å². The number of carbonyl (C=O) groups excluding carboxylic acids is 2. The lowest BCUT2D eigenvalue weighted by atomic mass is 9.94. The Kier molecular flexibility index (Phi) is 5.02. The van der Waals surface area contributed by atoms with Crippen LogP contribution in [0, 0.1) is 5.92 Å². The fourth-order valence-electron chi connectivity index (χ4n) is 4.00. The molecule has 3 saturated heterocycles. The zero-order valence-electron chi connectivity index (χ0n) is 14.7. The Morgan fingerprint density at radius 2 is 2.04 bits per heavy atom. The van der Waals surface area contributed by atoms with E-state index in [0.29, 0.717) is 26.1 Å². The summed E-state index contributed by atoms with van der Waals surface area (Å²) in [6.07, 6.45) is 3.12. The molecule has 3 fully saturated rings. The van der Waals surface area contributed by atoms with E-state index >= 15 is 0 Å². The minimum absolute atomic E-state index is 0.0620. The summed E-state index contributed by atoms with van der Waals surface area (Å²) in [6, 6.07) is 10.2. The number of rotatable bonds is 5. The predicted molar refractivity (Wildman–Crippen MR) is 101 cm³/mol. The van der Waals surface area contributed by atoms with Crippen molar-refractivity contribution < 1.29 is 9.59 Å².